The van der Waals surface area contributed by atoms with E-state index in [9.17, 15) is 34.2 Å². The Morgan fingerprint density at radius 2 is 1.62 bits per heavy atom. The summed E-state index contributed by atoms with van der Waals surface area (Å²) in [6.45, 7) is 12.4. The van der Waals surface area contributed by atoms with Crippen molar-refractivity contribution in [2.75, 3.05) is 27.9 Å². The van der Waals surface area contributed by atoms with Crippen LogP contribution in [0.25, 0.3) is 0 Å². The largest absolute Gasteiger partial charge is 0.460 e. The number of aliphatic hydroxyl groups is 2. The predicted octanol–water partition coefficient (Wildman–Crippen LogP) is 7.16. The third-order valence-electron chi connectivity index (χ3n) is 14.4. The minimum absolute atomic E-state index is 0.0188. The first-order chi connectivity index (χ1) is 30.7. The molecule has 3 fully saturated rings. The fourth-order valence-corrected chi connectivity index (χ4v) is 10.1. The van der Waals surface area contributed by atoms with Gasteiger partial charge in [0.2, 0.25) is 5.79 Å². The Labute approximate surface area is 386 Å². The van der Waals surface area contributed by atoms with E-state index in [0.29, 0.717) is 64.2 Å². The number of nitrogens with zero attached hydrogens (tertiary/aromatic N) is 1. The lowest BCUT2D eigenvalue weighted by molar-refractivity contribution is -0.265. The number of esters is 1. The van der Waals surface area contributed by atoms with Gasteiger partial charge in [-0.3, -0.25) is 19.2 Å². The van der Waals surface area contributed by atoms with Crippen LogP contribution in [0.1, 0.15) is 126 Å². The van der Waals surface area contributed by atoms with Crippen molar-refractivity contribution in [2.45, 2.75) is 180 Å². The number of cyclic esters (lactones) is 1. The third-order valence-corrected chi connectivity index (χ3v) is 14.4. The molecule has 0 radical (unpaired) electrons. The maximum Gasteiger partial charge on any atom is 0.329 e. The second-order valence-electron chi connectivity index (χ2n) is 19.6. The average Bonchev–Trinajstić information content (AvgIpc) is 3.28. The standard InChI is InChI=1S/C51H78FNO12/c1-30-16-12-11-13-17-31(2)42(61-8)28-38-21-19-36(7)51(60,65-38)48(57)49(58)53-23-15-14-18-39(53)50(59)64-43(33(4)26-37-20-22-40(54)44(27-37)62-9)29-41(55)32(3)25-34(5)45(52)47(63-10)46(56)35(6)24-30/h11-13,16-17,25,30,33-40,42-45,47,54,60H,14-15,18-24,26-29H2,1-10H3/t30-,33-,34?,35?,36?,37?,38?,39?,40-,42+,43+,44?,45?,47-,51?/m1/s1. The van der Waals surface area contributed by atoms with Crippen molar-refractivity contribution in [1.29, 1.82) is 0 Å². The summed E-state index contributed by atoms with van der Waals surface area (Å²) in [6, 6.07) is -1.16. The lowest BCUT2D eigenvalue weighted by Crippen LogP contribution is -2.61. The molecule has 2 N–H and O–H groups in total. The zero-order valence-electron chi connectivity index (χ0n) is 40.5. The number of hydrogen-bond acceptors (Lipinski definition) is 12. The zero-order chi connectivity index (χ0) is 48.2. The Bertz CT molecular complexity index is 1760. The topological polar surface area (TPSA) is 175 Å². The van der Waals surface area contributed by atoms with Crippen LogP contribution in [0.3, 0.4) is 0 Å². The molecule has 0 aromatic carbocycles. The Morgan fingerprint density at radius 3 is 2.29 bits per heavy atom. The molecule has 14 heteroatoms. The van der Waals surface area contributed by atoms with Crippen molar-refractivity contribution in [1.82, 2.24) is 4.90 Å². The summed E-state index contributed by atoms with van der Waals surface area (Å²) in [5.41, 5.74) is 1.10. The maximum absolute atomic E-state index is 16.2. The Morgan fingerprint density at radius 1 is 0.892 bits per heavy atom. The first-order valence-corrected chi connectivity index (χ1v) is 23.9. The molecule has 1 aliphatic carbocycles. The maximum atomic E-state index is 16.2. The summed E-state index contributed by atoms with van der Waals surface area (Å²) >= 11 is 0. The normalized spacial score (nSPS) is 37.8. The quantitative estimate of drug-likeness (QED) is 0.204. The number of piperidine rings is 1. The molecule has 65 heavy (non-hydrogen) atoms. The molecule has 13 nitrogen and oxygen atoms in total. The van der Waals surface area contributed by atoms with Gasteiger partial charge in [-0.1, -0.05) is 71.1 Å². The molecule has 4 aliphatic rings. The van der Waals surface area contributed by atoms with Gasteiger partial charge in [0, 0.05) is 58.5 Å². The highest BCUT2D eigenvalue weighted by molar-refractivity contribution is 6.39. The fourth-order valence-electron chi connectivity index (χ4n) is 10.1. The Balaban J connectivity index is 1.70. The van der Waals surface area contributed by atoms with Gasteiger partial charge in [0.05, 0.1) is 24.4 Å². The number of Topliss-reactive ketones (excluding diaryl/α,β-unsaturated/α-hetero) is 3. The number of rotatable bonds is 6. The summed E-state index contributed by atoms with van der Waals surface area (Å²) in [5.74, 6) is -8.56. The number of carbonyl (C=O) groups excluding carboxylic acids is 5. The number of ether oxygens (including phenoxy) is 5. The molecule has 3 heterocycles. The van der Waals surface area contributed by atoms with Gasteiger partial charge in [-0.25, -0.2) is 9.18 Å². The van der Waals surface area contributed by atoms with Crippen molar-refractivity contribution in [3.8, 4) is 0 Å². The first kappa shape index (κ1) is 54.2. The van der Waals surface area contributed by atoms with E-state index in [-0.39, 0.29) is 60.4 Å². The zero-order valence-corrected chi connectivity index (χ0v) is 40.5. The van der Waals surface area contributed by atoms with E-state index < -0.39 is 83.9 Å². The molecule has 2 bridgehead atoms. The van der Waals surface area contributed by atoms with Crippen LogP contribution in [0, 0.1) is 35.5 Å². The smallest absolute Gasteiger partial charge is 0.329 e. The SMILES string of the molecule is COC1CC(C[C@@H](C)[C@@H]2CC(=O)C(C)=CC(C)C(F)[C@@H](OC)C(=O)C(C)C[C@H](C)C=CC=CC=C(C)[C@@H](OC)CC3CCC(C)C(O)(O3)C(=O)C(=O)N3CCCCC3C(=O)O2)CC[C@H]1O. The van der Waals surface area contributed by atoms with Crippen LogP contribution in [-0.2, 0) is 47.7 Å². The minimum Gasteiger partial charge on any atom is -0.460 e. The van der Waals surface area contributed by atoms with Crippen LogP contribution in [0.4, 0.5) is 4.39 Å². The van der Waals surface area contributed by atoms with Crippen molar-refractivity contribution in [3.63, 3.8) is 0 Å². The number of halogens is 1. The second kappa shape index (κ2) is 25.1. The average molecular weight is 916 g/mol. The number of aliphatic hydroxyl groups excluding tert-OH is 1. The van der Waals surface area contributed by atoms with Crippen LogP contribution in [0.15, 0.2) is 47.6 Å². The summed E-state index contributed by atoms with van der Waals surface area (Å²) in [5, 5.41) is 22.4. The van der Waals surface area contributed by atoms with E-state index in [4.69, 9.17) is 23.7 Å². The van der Waals surface area contributed by atoms with E-state index in [1.54, 1.807) is 41.9 Å². The molecular weight excluding hydrogens is 838 g/mol. The molecular formula is C51H78FNO12. The van der Waals surface area contributed by atoms with Crippen LogP contribution in [-0.4, -0.2) is 127 Å². The van der Waals surface area contributed by atoms with Gasteiger partial charge in [-0.15, -0.1) is 0 Å². The van der Waals surface area contributed by atoms with Crippen LogP contribution < -0.4 is 0 Å². The minimum atomic E-state index is -2.44. The van der Waals surface area contributed by atoms with Gasteiger partial charge in [0.15, 0.2) is 11.6 Å². The van der Waals surface area contributed by atoms with Crippen molar-refractivity contribution in [3.05, 3.63) is 47.6 Å². The van der Waals surface area contributed by atoms with Gasteiger partial charge >= 0.3 is 5.97 Å². The number of methoxy groups -OCH3 is 3. The van der Waals surface area contributed by atoms with E-state index >= 15 is 4.39 Å². The highest BCUT2D eigenvalue weighted by Gasteiger charge is 2.53. The number of allylic oxidation sites excluding steroid dienone is 7. The van der Waals surface area contributed by atoms with Crippen molar-refractivity contribution in [2.24, 2.45) is 35.5 Å². The van der Waals surface area contributed by atoms with Crippen molar-refractivity contribution >= 4 is 29.2 Å². The molecule has 1 saturated carbocycles. The monoisotopic (exact) mass is 916 g/mol. The number of amides is 1. The number of hydrogen-bond donors (Lipinski definition) is 2. The summed E-state index contributed by atoms with van der Waals surface area (Å²) in [6.07, 6.45) is 9.99. The molecule has 15 atom stereocenters. The molecule has 366 valence electrons. The van der Waals surface area contributed by atoms with Gasteiger partial charge in [-0.2, -0.15) is 0 Å². The van der Waals surface area contributed by atoms with E-state index in [0.717, 1.165) is 5.57 Å². The van der Waals surface area contributed by atoms with E-state index in [2.05, 4.69) is 0 Å². The molecule has 9 unspecified atom stereocenters. The fraction of sp³-hybridized carbons (Fsp3) is 0.745. The van der Waals surface area contributed by atoms with Crippen LogP contribution in [0.5, 0.6) is 0 Å². The number of alkyl halides is 1. The first-order valence-electron chi connectivity index (χ1n) is 23.9. The second-order valence-corrected chi connectivity index (χ2v) is 19.6. The number of ketones is 3. The van der Waals surface area contributed by atoms with Gasteiger partial charge < -0.3 is 38.8 Å². The highest BCUT2D eigenvalue weighted by Crippen LogP contribution is 2.38. The Kier molecular flexibility index (Phi) is 20.9. The molecule has 2 saturated heterocycles. The van der Waals surface area contributed by atoms with Crippen molar-refractivity contribution < 1.29 is 62.3 Å². The van der Waals surface area contributed by atoms with E-state index in [1.165, 1.54) is 18.1 Å². The summed E-state index contributed by atoms with van der Waals surface area (Å²) in [4.78, 5) is 71.6. The summed E-state index contributed by atoms with van der Waals surface area (Å²) < 4.78 is 45.4. The lowest BCUT2D eigenvalue weighted by atomic mass is 9.78. The number of carbonyl (C=O) groups is 5. The number of fused-ring (bicyclic) bond motifs is 3. The molecule has 3 aliphatic heterocycles. The van der Waals surface area contributed by atoms with Crippen LogP contribution in [0.2, 0.25) is 0 Å². The van der Waals surface area contributed by atoms with E-state index in [1.807, 2.05) is 51.2 Å². The Hall–Kier alpha value is -3.40. The predicted molar refractivity (Wildman–Crippen MR) is 244 cm³/mol. The molecule has 0 spiro atoms. The molecule has 1 amide bonds. The van der Waals surface area contributed by atoms with Gasteiger partial charge in [0.25, 0.3) is 11.7 Å². The molecule has 4 rings (SSSR count). The van der Waals surface area contributed by atoms with Crippen LogP contribution >= 0.6 is 0 Å². The van der Waals surface area contributed by atoms with Gasteiger partial charge in [-0.05, 0) is 107 Å². The van der Waals surface area contributed by atoms with Gasteiger partial charge in [0.1, 0.15) is 24.4 Å². The third kappa shape index (κ3) is 14.3. The molecule has 0 aromatic heterocycles. The molecule has 0 aromatic rings. The summed E-state index contributed by atoms with van der Waals surface area (Å²) in [7, 11) is 4.43. The lowest BCUT2D eigenvalue weighted by Gasteiger charge is -2.42. The highest BCUT2D eigenvalue weighted by atomic mass is 19.1.